The molecule has 0 bridgehead atoms. The molecule has 2 aromatic carbocycles. The highest BCUT2D eigenvalue weighted by molar-refractivity contribution is 5.90. The van der Waals surface area contributed by atoms with Gasteiger partial charge in [0.15, 0.2) is 0 Å². The average Bonchev–Trinajstić information content (AvgIpc) is 2.46. The van der Waals surface area contributed by atoms with E-state index in [9.17, 15) is 4.79 Å². The van der Waals surface area contributed by atoms with E-state index < -0.39 is 0 Å². The van der Waals surface area contributed by atoms with Gasteiger partial charge in [-0.15, -0.1) is 0 Å². The van der Waals surface area contributed by atoms with Crippen LogP contribution < -0.4 is 4.74 Å². The second-order valence-corrected chi connectivity index (χ2v) is 4.29. The van der Waals surface area contributed by atoms with E-state index in [1.165, 1.54) is 6.08 Å². The van der Waals surface area contributed by atoms with Crippen LogP contribution in [-0.2, 0) is 9.53 Å². The highest BCUT2D eigenvalue weighted by atomic mass is 16.5. The molecule has 2 aromatic rings. The molecule has 104 valence electrons. The molecule has 0 spiro atoms. The first kappa shape index (κ1) is 14.1. The minimum absolute atomic E-state index is 0.320. The summed E-state index contributed by atoms with van der Waals surface area (Å²) in [7, 11) is 0. The number of ether oxygens (including phenoxy) is 2. The molecule has 3 heteroatoms. The maximum absolute atomic E-state index is 11.3. The van der Waals surface area contributed by atoms with Crippen LogP contribution in [0.3, 0.4) is 0 Å². The summed E-state index contributed by atoms with van der Waals surface area (Å²) in [6.45, 7) is 4.80. The maximum Gasteiger partial charge on any atom is 0.330 e. The molecule has 0 saturated carbocycles. The first-order chi connectivity index (χ1) is 9.72. The minimum atomic E-state index is -0.320. The van der Waals surface area contributed by atoms with Crippen LogP contribution >= 0.6 is 0 Å². The fraction of sp³-hybridized carbons (Fsp3) is 0.235. The fourth-order valence-electron chi connectivity index (χ4n) is 1.96. The van der Waals surface area contributed by atoms with Crippen LogP contribution in [0.4, 0.5) is 0 Å². The lowest BCUT2D eigenvalue weighted by Crippen LogP contribution is -1.98. The molecule has 0 aromatic heterocycles. The molecule has 0 heterocycles. The number of rotatable bonds is 5. The zero-order chi connectivity index (χ0) is 14.4. The standard InChI is InChI=1S/C17H18O3/c1-3-19-16-9-8-14-11-13(5-7-15(14)12-16)6-10-17(18)20-4-2/h5-12H,3-4H2,1-2H3. The molecule has 0 radical (unpaired) electrons. The van der Waals surface area contributed by atoms with Gasteiger partial charge in [0.2, 0.25) is 0 Å². The van der Waals surface area contributed by atoms with E-state index in [1.807, 2.05) is 43.3 Å². The van der Waals surface area contributed by atoms with E-state index in [0.29, 0.717) is 13.2 Å². The van der Waals surface area contributed by atoms with Gasteiger partial charge in [-0.3, -0.25) is 0 Å². The number of benzene rings is 2. The van der Waals surface area contributed by atoms with Crippen molar-refractivity contribution in [3.63, 3.8) is 0 Å². The largest absolute Gasteiger partial charge is 0.494 e. The molecule has 0 aliphatic carbocycles. The van der Waals surface area contributed by atoms with Crippen LogP contribution in [0.15, 0.2) is 42.5 Å². The van der Waals surface area contributed by atoms with E-state index in [-0.39, 0.29) is 5.97 Å². The van der Waals surface area contributed by atoms with Gasteiger partial charge in [0, 0.05) is 6.08 Å². The Morgan fingerprint density at radius 3 is 2.55 bits per heavy atom. The Hall–Kier alpha value is -2.29. The van der Waals surface area contributed by atoms with E-state index in [2.05, 4.69) is 0 Å². The third kappa shape index (κ3) is 3.60. The Kier molecular flexibility index (Phi) is 4.77. The molecular weight excluding hydrogens is 252 g/mol. The van der Waals surface area contributed by atoms with Crippen molar-refractivity contribution in [3.8, 4) is 5.75 Å². The van der Waals surface area contributed by atoms with Crippen LogP contribution in [0.2, 0.25) is 0 Å². The molecule has 0 aliphatic rings. The Labute approximate surface area is 118 Å². The molecule has 0 amide bonds. The quantitative estimate of drug-likeness (QED) is 0.612. The number of hydrogen-bond acceptors (Lipinski definition) is 3. The fourth-order valence-corrected chi connectivity index (χ4v) is 1.96. The van der Waals surface area contributed by atoms with Crippen LogP contribution in [0.25, 0.3) is 16.8 Å². The molecule has 0 fully saturated rings. The maximum atomic E-state index is 11.3. The number of fused-ring (bicyclic) bond motifs is 1. The smallest absolute Gasteiger partial charge is 0.330 e. The lowest BCUT2D eigenvalue weighted by atomic mass is 10.1. The summed E-state index contributed by atoms with van der Waals surface area (Å²) in [6, 6.07) is 12.0. The summed E-state index contributed by atoms with van der Waals surface area (Å²) in [6.07, 6.45) is 3.20. The molecule has 0 N–H and O–H groups in total. The normalized spacial score (nSPS) is 10.9. The van der Waals surface area contributed by atoms with Crippen molar-refractivity contribution in [2.75, 3.05) is 13.2 Å². The predicted octanol–water partition coefficient (Wildman–Crippen LogP) is 3.81. The Bertz CT molecular complexity index is 629. The van der Waals surface area contributed by atoms with Crippen LogP contribution in [-0.4, -0.2) is 19.2 Å². The van der Waals surface area contributed by atoms with Crippen molar-refractivity contribution in [1.82, 2.24) is 0 Å². The average molecular weight is 270 g/mol. The lowest BCUT2D eigenvalue weighted by molar-refractivity contribution is -0.137. The topological polar surface area (TPSA) is 35.5 Å². The van der Waals surface area contributed by atoms with Gasteiger partial charge >= 0.3 is 5.97 Å². The van der Waals surface area contributed by atoms with Crippen molar-refractivity contribution in [2.24, 2.45) is 0 Å². The summed E-state index contributed by atoms with van der Waals surface area (Å²) in [5.74, 6) is 0.550. The lowest BCUT2D eigenvalue weighted by Gasteiger charge is -2.05. The van der Waals surface area contributed by atoms with Gasteiger partial charge in [0.05, 0.1) is 13.2 Å². The van der Waals surface area contributed by atoms with Gasteiger partial charge < -0.3 is 9.47 Å². The third-order valence-corrected chi connectivity index (χ3v) is 2.85. The summed E-state index contributed by atoms with van der Waals surface area (Å²) < 4.78 is 10.3. The molecule has 0 unspecified atom stereocenters. The molecule has 0 saturated heterocycles. The Morgan fingerprint density at radius 2 is 1.80 bits per heavy atom. The van der Waals surface area contributed by atoms with E-state index in [1.54, 1.807) is 13.0 Å². The van der Waals surface area contributed by atoms with Crippen molar-refractivity contribution < 1.29 is 14.3 Å². The molecule has 20 heavy (non-hydrogen) atoms. The first-order valence-corrected chi connectivity index (χ1v) is 6.74. The monoisotopic (exact) mass is 270 g/mol. The molecular formula is C17H18O3. The summed E-state index contributed by atoms with van der Waals surface area (Å²) in [5.41, 5.74) is 0.967. The summed E-state index contributed by atoms with van der Waals surface area (Å²) in [5, 5.41) is 2.23. The minimum Gasteiger partial charge on any atom is -0.494 e. The van der Waals surface area contributed by atoms with Crippen molar-refractivity contribution >= 4 is 22.8 Å². The predicted molar refractivity (Wildman–Crippen MR) is 80.8 cm³/mol. The van der Waals surface area contributed by atoms with Crippen LogP contribution in [0.5, 0.6) is 5.75 Å². The summed E-state index contributed by atoms with van der Waals surface area (Å²) >= 11 is 0. The Morgan fingerprint density at radius 1 is 1.05 bits per heavy atom. The summed E-state index contributed by atoms with van der Waals surface area (Å²) in [4.78, 5) is 11.3. The van der Waals surface area contributed by atoms with Crippen LogP contribution in [0.1, 0.15) is 19.4 Å². The molecule has 0 atom stereocenters. The molecule has 2 rings (SSSR count). The Balaban J connectivity index is 2.21. The van der Waals surface area contributed by atoms with Crippen molar-refractivity contribution in [2.45, 2.75) is 13.8 Å². The first-order valence-electron chi connectivity index (χ1n) is 6.74. The van der Waals surface area contributed by atoms with Gasteiger partial charge in [-0.25, -0.2) is 4.79 Å². The van der Waals surface area contributed by atoms with Gasteiger partial charge in [-0.05, 0) is 54.5 Å². The number of carbonyl (C=O) groups is 1. The highest BCUT2D eigenvalue weighted by Gasteiger charge is 1.99. The van der Waals surface area contributed by atoms with E-state index >= 15 is 0 Å². The second-order valence-electron chi connectivity index (χ2n) is 4.29. The van der Waals surface area contributed by atoms with Crippen molar-refractivity contribution in [3.05, 3.63) is 48.0 Å². The van der Waals surface area contributed by atoms with Gasteiger partial charge in [-0.2, -0.15) is 0 Å². The number of hydrogen-bond donors (Lipinski definition) is 0. The number of esters is 1. The second kappa shape index (κ2) is 6.75. The molecule has 0 aliphatic heterocycles. The zero-order valence-corrected chi connectivity index (χ0v) is 11.8. The third-order valence-electron chi connectivity index (χ3n) is 2.85. The van der Waals surface area contributed by atoms with Gasteiger partial charge in [-0.1, -0.05) is 18.2 Å². The van der Waals surface area contributed by atoms with Gasteiger partial charge in [0.25, 0.3) is 0 Å². The van der Waals surface area contributed by atoms with Crippen molar-refractivity contribution in [1.29, 1.82) is 0 Å². The SMILES string of the molecule is CCOC(=O)C=Cc1ccc2cc(OCC)ccc2c1. The van der Waals surface area contributed by atoms with Crippen LogP contribution in [0, 0.1) is 0 Å². The van der Waals surface area contributed by atoms with Gasteiger partial charge in [0.1, 0.15) is 5.75 Å². The molecule has 3 nitrogen and oxygen atoms in total. The van der Waals surface area contributed by atoms with E-state index in [4.69, 9.17) is 9.47 Å². The number of carbonyl (C=O) groups excluding carboxylic acids is 1. The van der Waals surface area contributed by atoms with E-state index in [0.717, 1.165) is 22.1 Å². The zero-order valence-electron chi connectivity index (χ0n) is 11.8. The highest BCUT2D eigenvalue weighted by Crippen LogP contribution is 2.22.